The van der Waals surface area contributed by atoms with Crippen LogP contribution in [0.25, 0.3) is 11.4 Å². The van der Waals surface area contributed by atoms with Crippen LogP contribution in [0.1, 0.15) is 24.7 Å². The predicted molar refractivity (Wildman–Crippen MR) is 66.6 cm³/mol. The zero-order valence-corrected chi connectivity index (χ0v) is 10.1. The number of rotatable bonds is 3. The molecule has 3 rings (SSSR count). The van der Waals surface area contributed by atoms with E-state index in [1.54, 1.807) is 0 Å². The van der Waals surface area contributed by atoms with Crippen LogP contribution in [0.3, 0.4) is 0 Å². The van der Waals surface area contributed by atoms with E-state index in [0.29, 0.717) is 17.6 Å². The summed E-state index contributed by atoms with van der Waals surface area (Å²) in [6.45, 7) is 0.411. The molecule has 1 heterocycles. The third kappa shape index (κ3) is 1.83. The summed E-state index contributed by atoms with van der Waals surface area (Å²) in [5.41, 5.74) is 6.61. The van der Waals surface area contributed by atoms with Crippen LogP contribution in [-0.4, -0.2) is 14.8 Å². The lowest BCUT2D eigenvalue weighted by Crippen LogP contribution is -2.08. The number of halogens is 1. The summed E-state index contributed by atoms with van der Waals surface area (Å²) in [7, 11) is 0. The molecule has 5 heteroatoms. The highest BCUT2D eigenvalue weighted by atomic mass is 35.5. The molecule has 0 saturated heterocycles. The maximum absolute atomic E-state index is 6.20. The minimum absolute atomic E-state index is 0.411. The first-order valence-corrected chi connectivity index (χ1v) is 6.08. The minimum Gasteiger partial charge on any atom is -0.324 e. The highest BCUT2D eigenvalue weighted by Crippen LogP contribution is 2.39. The lowest BCUT2D eigenvalue weighted by atomic mass is 10.2. The van der Waals surface area contributed by atoms with E-state index in [1.165, 1.54) is 12.8 Å². The van der Waals surface area contributed by atoms with Gasteiger partial charge >= 0.3 is 0 Å². The van der Waals surface area contributed by atoms with Gasteiger partial charge in [-0.1, -0.05) is 23.7 Å². The van der Waals surface area contributed by atoms with E-state index < -0.39 is 0 Å². The SMILES string of the molecule is NCc1nnc(-c2ccccc2Cl)n1C1CC1. The zero-order chi connectivity index (χ0) is 11.8. The van der Waals surface area contributed by atoms with Gasteiger partial charge in [-0.05, 0) is 25.0 Å². The van der Waals surface area contributed by atoms with Gasteiger partial charge in [0.1, 0.15) is 5.82 Å². The number of nitrogens with zero attached hydrogens (tertiary/aromatic N) is 3. The van der Waals surface area contributed by atoms with Crippen molar-refractivity contribution >= 4 is 11.6 Å². The second kappa shape index (κ2) is 4.13. The van der Waals surface area contributed by atoms with Crippen LogP contribution in [0.15, 0.2) is 24.3 Å². The molecule has 0 aliphatic heterocycles. The standard InChI is InChI=1S/C12H13ClN4/c13-10-4-2-1-3-9(10)12-16-15-11(7-14)17(12)8-5-6-8/h1-4,8H,5-7,14H2. The second-order valence-electron chi connectivity index (χ2n) is 4.22. The first-order chi connectivity index (χ1) is 8.31. The van der Waals surface area contributed by atoms with Crippen LogP contribution in [-0.2, 0) is 6.54 Å². The number of aromatic nitrogens is 3. The minimum atomic E-state index is 0.411. The summed E-state index contributed by atoms with van der Waals surface area (Å²) < 4.78 is 2.13. The van der Waals surface area contributed by atoms with Gasteiger partial charge in [-0.15, -0.1) is 10.2 Å². The van der Waals surface area contributed by atoms with Gasteiger partial charge in [0.25, 0.3) is 0 Å². The van der Waals surface area contributed by atoms with Gasteiger partial charge in [0.2, 0.25) is 0 Å². The summed E-state index contributed by atoms with van der Waals surface area (Å²) in [5, 5.41) is 9.07. The smallest absolute Gasteiger partial charge is 0.165 e. The number of nitrogens with two attached hydrogens (primary N) is 1. The fraction of sp³-hybridized carbons (Fsp3) is 0.333. The topological polar surface area (TPSA) is 56.7 Å². The van der Waals surface area contributed by atoms with Crippen LogP contribution in [0.2, 0.25) is 5.02 Å². The molecule has 17 heavy (non-hydrogen) atoms. The average molecular weight is 249 g/mol. The fourth-order valence-electron chi connectivity index (χ4n) is 2.01. The van der Waals surface area contributed by atoms with Gasteiger partial charge in [0.05, 0.1) is 11.6 Å². The monoisotopic (exact) mass is 248 g/mol. The lowest BCUT2D eigenvalue weighted by Gasteiger charge is -2.08. The van der Waals surface area contributed by atoms with Gasteiger partial charge < -0.3 is 10.3 Å². The first-order valence-electron chi connectivity index (χ1n) is 5.70. The summed E-state index contributed by atoms with van der Waals surface area (Å²) in [6.07, 6.45) is 2.34. The molecule has 0 spiro atoms. The Balaban J connectivity index is 2.14. The van der Waals surface area contributed by atoms with Crippen molar-refractivity contribution in [1.29, 1.82) is 0 Å². The third-order valence-corrected chi connectivity index (χ3v) is 3.31. The Bertz CT molecular complexity index is 545. The Morgan fingerprint density at radius 3 is 2.71 bits per heavy atom. The van der Waals surface area contributed by atoms with Gasteiger partial charge in [-0.2, -0.15) is 0 Å². The van der Waals surface area contributed by atoms with Crippen LogP contribution in [0, 0.1) is 0 Å². The summed E-state index contributed by atoms with van der Waals surface area (Å²) in [4.78, 5) is 0. The van der Waals surface area contributed by atoms with E-state index in [-0.39, 0.29) is 0 Å². The largest absolute Gasteiger partial charge is 0.324 e. The van der Waals surface area contributed by atoms with Gasteiger partial charge in [-0.3, -0.25) is 0 Å². The van der Waals surface area contributed by atoms with Gasteiger partial charge in [-0.25, -0.2) is 0 Å². The molecule has 1 aromatic carbocycles. The Labute approximate surface area is 104 Å². The van der Waals surface area contributed by atoms with Gasteiger partial charge in [0, 0.05) is 11.6 Å². The highest BCUT2D eigenvalue weighted by molar-refractivity contribution is 6.33. The van der Waals surface area contributed by atoms with Crippen molar-refractivity contribution in [3.8, 4) is 11.4 Å². The zero-order valence-electron chi connectivity index (χ0n) is 9.31. The summed E-state index contributed by atoms with van der Waals surface area (Å²) in [5.74, 6) is 1.67. The molecule has 4 nitrogen and oxygen atoms in total. The second-order valence-corrected chi connectivity index (χ2v) is 4.63. The van der Waals surface area contributed by atoms with Crippen molar-refractivity contribution in [2.24, 2.45) is 5.73 Å². The van der Waals surface area contributed by atoms with E-state index >= 15 is 0 Å². The molecule has 0 bridgehead atoms. The molecule has 2 N–H and O–H groups in total. The molecular formula is C12H13ClN4. The van der Waals surface area contributed by atoms with Crippen molar-refractivity contribution in [2.45, 2.75) is 25.4 Å². The number of hydrogen-bond donors (Lipinski definition) is 1. The van der Waals surface area contributed by atoms with E-state index in [2.05, 4.69) is 14.8 Å². The number of benzene rings is 1. The van der Waals surface area contributed by atoms with E-state index in [1.807, 2.05) is 24.3 Å². The van der Waals surface area contributed by atoms with E-state index in [4.69, 9.17) is 17.3 Å². The lowest BCUT2D eigenvalue weighted by molar-refractivity contribution is 0.688. The first kappa shape index (κ1) is 10.7. The third-order valence-electron chi connectivity index (χ3n) is 2.98. The molecule has 1 saturated carbocycles. The summed E-state index contributed by atoms with van der Waals surface area (Å²) in [6, 6.07) is 8.19. The molecule has 0 amide bonds. The fourth-order valence-corrected chi connectivity index (χ4v) is 2.23. The Morgan fingerprint density at radius 1 is 1.29 bits per heavy atom. The summed E-state index contributed by atoms with van der Waals surface area (Å²) >= 11 is 6.20. The highest BCUT2D eigenvalue weighted by Gasteiger charge is 2.29. The van der Waals surface area contributed by atoms with Crippen molar-refractivity contribution in [3.63, 3.8) is 0 Å². The quantitative estimate of drug-likeness (QED) is 0.908. The maximum atomic E-state index is 6.20. The van der Waals surface area contributed by atoms with Crippen molar-refractivity contribution in [3.05, 3.63) is 35.1 Å². The molecule has 1 aliphatic rings. The van der Waals surface area contributed by atoms with Crippen molar-refractivity contribution in [1.82, 2.24) is 14.8 Å². The molecule has 88 valence electrons. The molecule has 0 unspecified atom stereocenters. The maximum Gasteiger partial charge on any atom is 0.165 e. The van der Waals surface area contributed by atoms with E-state index in [9.17, 15) is 0 Å². The normalized spacial score (nSPS) is 15.2. The Hall–Kier alpha value is -1.39. The molecule has 1 aliphatic carbocycles. The number of hydrogen-bond acceptors (Lipinski definition) is 3. The van der Waals surface area contributed by atoms with E-state index in [0.717, 1.165) is 17.2 Å². The van der Waals surface area contributed by atoms with Crippen molar-refractivity contribution in [2.75, 3.05) is 0 Å². The van der Waals surface area contributed by atoms with Crippen LogP contribution in [0.5, 0.6) is 0 Å². The molecule has 0 atom stereocenters. The predicted octanol–water partition coefficient (Wildman–Crippen LogP) is 2.39. The molecular weight excluding hydrogens is 236 g/mol. The van der Waals surface area contributed by atoms with Crippen LogP contribution < -0.4 is 5.73 Å². The van der Waals surface area contributed by atoms with Crippen molar-refractivity contribution < 1.29 is 0 Å². The molecule has 2 aromatic rings. The Morgan fingerprint density at radius 2 is 2.06 bits per heavy atom. The molecule has 0 radical (unpaired) electrons. The van der Waals surface area contributed by atoms with Crippen LogP contribution >= 0.6 is 11.6 Å². The van der Waals surface area contributed by atoms with Crippen LogP contribution in [0.4, 0.5) is 0 Å². The molecule has 1 aromatic heterocycles. The van der Waals surface area contributed by atoms with Gasteiger partial charge in [0.15, 0.2) is 5.82 Å². The average Bonchev–Trinajstić information content (AvgIpc) is 3.10. The Kier molecular flexibility index (Phi) is 2.61. The molecule has 1 fully saturated rings.